The molecule has 1 atom stereocenters. The first-order valence-electron chi connectivity index (χ1n) is 11.4. The molecule has 0 heterocycles. The third kappa shape index (κ3) is 4.50. The van der Waals surface area contributed by atoms with Crippen LogP contribution in [-0.2, 0) is 16.0 Å². The van der Waals surface area contributed by atoms with Crippen molar-refractivity contribution < 1.29 is 19.4 Å². The number of hydrogen-bond acceptors (Lipinski definition) is 4. The van der Waals surface area contributed by atoms with E-state index >= 15 is 0 Å². The zero-order chi connectivity index (χ0) is 23.5. The van der Waals surface area contributed by atoms with Gasteiger partial charge < -0.3 is 20.0 Å². The molecule has 5 heteroatoms. The van der Waals surface area contributed by atoms with Crippen molar-refractivity contribution in [2.75, 3.05) is 6.61 Å². The van der Waals surface area contributed by atoms with E-state index in [2.05, 4.69) is 29.6 Å². The van der Waals surface area contributed by atoms with E-state index in [1.165, 1.54) is 0 Å². The minimum absolute atomic E-state index is 0.0572. The lowest BCUT2D eigenvalue weighted by atomic mass is 9.98. The Morgan fingerprint density at radius 3 is 2.12 bits per heavy atom. The summed E-state index contributed by atoms with van der Waals surface area (Å²) in [6, 6.07) is 29.5. The molecule has 0 aliphatic heterocycles. The molecule has 1 amide bonds. The molecule has 4 aromatic carbocycles. The highest BCUT2D eigenvalue weighted by Gasteiger charge is 2.29. The van der Waals surface area contributed by atoms with Crippen LogP contribution in [0.2, 0.25) is 0 Å². The van der Waals surface area contributed by atoms with Crippen LogP contribution in [0.25, 0.3) is 21.9 Å². The number of carboxylic acid groups (broad SMARTS) is 1. The van der Waals surface area contributed by atoms with Gasteiger partial charge in [0.1, 0.15) is 6.61 Å². The van der Waals surface area contributed by atoms with Gasteiger partial charge in [0.2, 0.25) is 0 Å². The first-order chi connectivity index (χ1) is 16.6. The minimum atomic E-state index is -1.22. The van der Waals surface area contributed by atoms with Crippen molar-refractivity contribution >= 4 is 22.8 Å². The number of carbonyl (C=O) groups is 2. The van der Waals surface area contributed by atoms with Crippen molar-refractivity contribution in [3.05, 3.63) is 108 Å². The smallest absolute Gasteiger partial charge is 0.407 e. The molecule has 0 fully saturated rings. The van der Waals surface area contributed by atoms with Gasteiger partial charge in [-0.05, 0) is 45.0 Å². The van der Waals surface area contributed by atoms with Crippen molar-refractivity contribution in [3.63, 3.8) is 0 Å². The van der Waals surface area contributed by atoms with E-state index < -0.39 is 18.1 Å². The first-order valence-corrected chi connectivity index (χ1v) is 11.4. The molecule has 4 aromatic rings. The fourth-order valence-corrected chi connectivity index (χ4v) is 4.83. The monoisotopic (exact) mass is 450 g/mol. The largest absolute Gasteiger partial charge is 0.550 e. The molecule has 1 N–H and O–H groups in total. The summed E-state index contributed by atoms with van der Waals surface area (Å²) >= 11 is 0. The van der Waals surface area contributed by atoms with Gasteiger partial charge in [-0.3, -0.25) is 0 Å². The maximum atomic E-state index is 12.7. The Balaban J connectivity index is 1.27. The normalized spacial score (nSPS) is 13.2. The molecular weight excluding hydrogens is 426 g/mol. The number of hydrogen-bond donors (Lipinski definition) is 1. The summed E-state index contributed by atoms with van der Waals surface area (Å²) in [4.78, 5) is 24.0. The highest BCUT2D eigenvalue weighted by Crippen LogP contribution is 2.44. The fourth-order valence-electron chi connectivity index (χ4n) is 4.83. The number of carbonyl (C=O) groups excluding carboxylic acids is 2. The molecule has 0 spiro atoms. The first kappa shape index (κ1) is 21.7. The van der Waals surface area contributed by atoms with Crippen LogP contribution >= 0.6 is 0 Å². The van der Waals surface area contributed by atoms with Crippen LogP contribution in [0.4, 0.5) is 4.79 Å². The van der Waals surface area contributed by atoms with E-state index in [1.54, 1.807) is 0 Å². The maximum absolute atomic E-state index is 12.7. The Morgan fingerprint density at radius 1 is 0.824 bits per heavy atom. The highest BCUT2D eigenvalue weighted by molar-refractivity contribution is 5.83. The van der Waals surface area contributed by atoms with Crippen LogP contribution in [0.1, 0.15) is 29.0 Å². The standard InChI is InChI=1S/C29H25NO4/c31-28(32)17-22(16-19-13-14-20-7-1-2-8-21(20)15-19)30-29(33)34-18-27-25-11-5-3-9-23(25)24-10-4-6-12-26(24)27/h1-15,22,27H,16-18H2,(H,30,33)(H,31,32)/p-1/t22-/m0/s1. The predicted molar refractivity (Wildman–Crippen MR) is 129 cm³/mol. The average Bonchev–Trinajstić information content (AvgIpc) is 3.16. The van der Waals surface area contributed by atoms with Gasteiger partial charge in [0.05, 0.1) is 0 Å². The minimum Gasteiger partial charge on any atom is -0.550 e. The molecule has 0 bridgehead atoms. The number of carboxylic acids is 1. The molecule has 170 valence electrons. The van der Waals surface area contributed by atoms with E-state index in [0.717, 1.165) is 38.6 Å². The van der Waals surface area contributed by atoms with Gasteiger partial charge in [-0.25, -0.2) is 4.79 Å². The number of ether oxygens (including phenoxy) is 1. The van der Waals surface area contributed by atoms with Gasteiger partial charge in [-0.15, -0.1) is 0 Å². The molecule has 0 radical (unpaired) electrons. The summed E-state index contributed by atoms with van der Waals surface area (Å²) in [6.07, 6.45) is -0.561. The number of benzene rings is 4. The van der Waals surface area contributed by atoms with Gasteiger partial charge in [0.25, 0.3) is 0 Å². The summed E-state index contributed by atoms with van der Waals surface area (Å²) in [7, 11) is 0. The van der Waals surface area contributed by atoms with E-state index in [1.807, 2.05) is 66.7 Å². The lowest BCUT2D eigenvalue weighted by Gasteiger charge is -2.21. The molecule has 0 saturated heterocycles. The molecule has 0 saturated carbocycles. The van der Waals surface area contributed by atoms with Crippen LogP contribution in [0.15, 0.2) is 91.0 Å². The summed E-state index contributed by atoms with van der Waals surface area (Å²) in [5, 5.41) is 16.2. The number of nitrogens with one attached hydrogen (secondary N) is 1. The Kier molecular flexibility index (Phi) is 6.00. The molecule has 5 rings (SSSR count). The highest BCUT2D eigenvalue weighted by atomic mass is 16.5. The lowest BCUT2D eigenvalue weighted by molar-refractivity contribution is -0.306. The quantitative estimate of drug-likeness (QED) is 0.452. The molecule has 5 nitrogen and oxygen atoms in total. The van der Waals surface area contributed by atoms with Gasteiger partial charge in [-0.1, -0.05) is 91.0 Å². The second-order valence-electron chi connectivity index (χ2n) is 8.63. The van der Waals surface area contributed by atoms with Crippen molar-refractivity contribution in [3.8, 4) is 11.1 Å². The molecule has 34 heavy (non-hydrogen) atoms. The summed E-state index contributed by atoms with van der Waals surface area (Å²) in [5.74, 6) is -1.28. The number of amides is 1. The number of fused-ring (bicyclic) bond motifs is 4. The van der Waals surface area contributed by atoms with Crippen LogP contribution in [0, 0.1) is 0 Å². The second kappa shape index (κ2) is 9.40. The number of aliphatic carboxylic acids is 1. The molecular formula is C29H24NO4-. The molecule has 0 unspecified atom stereocenters. The Morgan fingerprint density at radius 2 is 1.44 bits per heavy atom. The van der Waals surface area contributed by atoms with E-state index in [9.17, 15) is 14.7 Å². The maximum Gasteiger partial charge on any atom is 0.407 e. The Labute approximate surface area is 198 Å². The molecule has 1 aliphatic rings. The number of alkyl carbamates (subject to hydrolysis) is 1. The van der Waals surface area contributed by atoms with Crippen LogP contribution in [-0.4, -0.2) is 24.7 Å². The number of rotatable bonds is 7. The third-order valence-corrected chi connectivity index (χ3v) is 6.37. The average molecular weight is 451 g/mol. The topological polar surface area (TPSA) is 78.5 Å². The molecule has 1 aliphatic carbocycles. The van der Waals surface area contributed by atoms with Crippen molar-refractivity contribution in [2.24, 2.45) is 0 Å². The van der Waals surface area contributed by atoms with Gasteiger partial charge in [0.15, 0.2) is 0 Å². The van der Waals surface area contributed by atoms with Gasteiger partial charge in [0, 0.05) is 24.3 Å². The second-order valence-corrected chi connectivity index (χ2v) is 8.63. The fraction of sp³-hybridized carbons (Fsp3) is 0.172. The Bertz CT molecular complexity index is 1320. The summed E-state index contributed by atoms with van der Waals surface area (Å²) in [6.45, 7) is 0.174. The van der Waals surface area contributed by atoms with Crippen LogP contribution < -0.4 is 10.4 Å². The predicted octanol–water partition coefficient (Wildman–Crippen LogP) is 4.43. The SMILES string of the molecule is O=C([O-])C[C@H](Cc1ccc2ccccc2c1)NC(=O)OCC1c2ccccc2-c2ccccc21. The van der Waals surface area contributed by atoms with E-state index in [0.29, 0.717) is 6.42 Å². The Hall–Kier alpha value is -4.12. The van der Waals surface area contributed by atoms with Crippen molar-refractivity contribution in [1.29, 1.82) is 0 Å². The van der Waals surface area contributed by atoms with E-state index in [-0.39, 0.29) is 18.9 Å². The third-order valence-electron chi connectivity index (χ3n) is 6.37. The van der Waals surface area contributed by atoms with Gasteiger partial charge in [-0.2, -0.15) is 0 Å². The molecule has 0 aromatic heterocycles. The van der Waals surface area contributed by atoms with Crippen molar-refractivity contribution in [2.45, 2.75) is 24.8 Å². The van der Waals surface area contributed by atoms with Gasteiger partial charge >= 0.3 is 6.09 Å². The van der Waals surface area contributed by atoms with E-state index in [4.69, 9.17) is 4.74 Å². The van der Waals surface area contributed by atoms with Crippen LogP contribution in [0.5, 0.6) is 0 Å². The lowest BCUT2D eigenvalue weighted by Crippen LogP contribution is -2.41. The zero-order valence-electron chi connectivity index (χ0n) is 18.6. The van der Waals surface area contributed by atoms with Crippen LogP contribution in [0.3, 0.4) is 0 Å². The summed E-state index contributed by atoms with van der Waals surface area (Å²) < 4.78 is 5.60. The zero-order valence-corrected chi connectivity index (χ0v) is 18.6. The summed E-state index contributed by atoms with van der Waals surface area (Å²) in [5.41, 5.74) is 5.48. The van der Waals surface area contributed by atoms with Crippen molar-refractivity contribution in [1.82, 2.24) is 5.32 Å².